The monoisotopic (exact) mass is 272 g/mol. The predicted octanol–water partition coefficient (Wildman–Crippen LogP) is 2.41. The number of nitrogens with one attached hydrogen (secondary N) is 1. The molecule has 0 aromatic carbocycles. The van der Waals surface area contributed by atoms with Crippen LogP contribution < -0.4 is 5.32 Å². The van der Waals surface area contributed by atoms with E-state index in [2.05, 4.69) is 27.2 Å². The molecule has 0 radical (unpaired) electrons. The SMILES string of the molecule is CN1CCC(CCNc2nc(Cl)ncc2F)CC1. The van der Waals surface area contributed by atoms with Crippen molar-refractivity contribution in [3.05, 3.63) is 17.3 Å². The second-order valence-corrected chi connectivity index (χ2v) is 5.14. The molecule has 1 N–H and O–H groups in total. The fourth-order valence-corrected chi connectivity index (χ4v) is 2.35. The third kappa shape index (κ3) is 3.78. The molecule has 1 aromatic heterocycles. The van der Waals surface area contributed by atoms with Gasteiger partial charge in [0.05, 0.1) is 6.20 Å². The number of aromatic nitrogens is 2. The standard InChI is InChI=1S/C12H18ClFN4/c1-18-6-3-9(4-7-18)2-5-15-11-10(14)8-16-12(13)17-11/h8-9H,2-7H2,1H3,(H,15,16,17). The van der Waals surface area contributed by atoms with Crippen LogP contribution in [-0.4, -0.2) is 41.5 Å². The Morgan fingerprint density at radius 2 is 2.22 bits per heavy atom. The van der Waals surface area contributed by atoms with Gasteiger partial charge in [-0.05, 0) is 56.9 Å². The zero-order valence-electron chi connectivity index (χ0n) is 10.5. The third-order valence-corrected chi connectivity index (χ3v) is 3.58. The quantitative estimate of drug-likeness (QED) is 0.855. The highest BCUT2D eigenvalue weighted by molar-refractivity contribution is 6.28. The molecule has 18 heavy (non-hydrogen) atoms. The largest absolute Gasteiger partial charge is 0.367 e. The Morgan fingerprint density at radius 3 is 2.94 bits per heavy atom. The van der Waals surface area contributed by atoms with E-state index < -0.39 is 5.82 Å². The van der Waals surface area contributed by atoms with Gasteiger partial charge in [0.1, 0.15) is 0 Å². The van der Waals surface area contributed by atoms with Crippen LogP contribution in [0, 0.1) is 11.7 Å². The van der Waals surface area contributed by atoms with Crippen LogP contribution in [0.5, 0.6) is 0 Å². The maximum absolute atomic E-state index is 13.3. The summed E-state index contributed by atoms with van der Waals surface area (Å²) in [6.07, 6.45) is 4.55. The van der Waals surface area contributed by atoms with Crippen molar-refractivity contribution >= 4 is 17.4 Å². The van der Waals surface area contributed by atoms with Crippen molar-refractivity contribution in [3.8, 4) is 0 Å². The topological polar surface area (TPSA) is 41.0 Å². The summed E-state index contributed by atoms with van der Waals surface area (Å²) in [7, 11) is 2.15. The summed E-state index contributed by atoms with van der Waals surface area (Å²) in [6.45, 7) is 3.02. The molecule has 1 saturated heterocycles. The van der Waals surface area contributed by atoms with E-state index in [1.807, 2.05) is 0 Å². The highest BCUT2D eigenvalue weighted by Gasteiger charge is 2.16. The highest BCUT2D eigenvalue weighted by atomic mass is 35.5. The van der Waals surface area contributed by atoms with Crippen molar-refractivity contribution in [1.29, 1.82) is 0 Å². The van der Waals surface area contributed by atoms with E-state index in [4.69, 9.17) is 11.6 Å². The molecule has 1 aliphatic rings. The zero-order valence-corrected chi connectivity index (χ0v) is 11.3. The number of piperidine rings is 1. The molecule has 0 saturated carbocycles. The first-order valence-corrected chi connectivity index (χ1v) is 6.63. The van der Waals surface area contributed by atoms with Gasteiger partial charge >= 0.3 is 0 Å². The molecule has 4 nitrogen and oxygen atoms in total. The summed E-state index contributed by atoms with van der Waals surface area (Å²) in [5.74, 6) is 0.458. The van der Waals surface area contributed by atoms with Crippen molar-refractivity contribution in [1.82, 2.24) is 14.9 Å². The van der Waals surface area contributed by atoms with Gasteiger partial charge in [0.25, 0.3) is 0 Å². The van der Waals surface area contributed by atoms with E-state index in [0.29, 0.717) is 5.92 Å². The molecular weight excluding hydrogens is 255 g/mol. The number of nitrogens with zero attached hydrogens (tertiary/aromatic N) is 3. The molecule has 2 rings (SSSR count). The van der Waals surface area contributed by atoms with Gasteiger partial charge in [0.2, 0.25) is 5.28 Å². The Hall–Kier alpha value is -0.940. The summed E-state index contributed by atoms with van der Waals surface area (Å²) < 4.78 is 13.3. The molecule has 1 fully saturated rings. The molecule has 6 heteroatoms. The molecule has 0 bridgehead atoms. The van der Waals surface area contributed by atoms with Gasteiger partial charge < -0.3 is 10.2 Å². The van der Waals surface area contributed by atoms with Crippen molar-refractivity contribution in [3.63, 3.8) is 0 Å². The minimum Gasteiger partial charge on any atom is -0.367 e. The summed E-state index contributed by atoms with van der Waals surface area (Å²) in [5, 5.41) is 3.06. The van der Waals surface area contributed by atoms with E-state index in [9.17, 15) is 4.39 Å². The second-order valence-electron chi connectivity index (χ2n) is 4.80. The van der Waals surface area contributed by atoms with Crippen molar-refractivity contribution in [2.24, 2.45) is 5.92 Å². The Labute approximate surface area is 112 Å². The highest BCUT2D eigenvalue weighted by Crippen LogP contribution is 2.20. The zero-order chi connectivity index (χ0) is 13.0. The Bertz CT molecular complexity index is 394. The van der Waals surface area contributed by atoms with Crippen molar-refractivity contribution in [2.75, 3.05) is 32.0 Å². The maximum atomic E-state index is 13.3. The van der Waals surface area contributed by atoms with E-state index in [1.54, 1.807) is 0 Å². The Balaban J connectivity index is 1.76. The average Bonchev–Trinajstić information content (AvgIpc) is 2.36. The van der Waals surface area contributed by atoms with Crippen molar-refractivity contribution in [2.45, 2.75) is 19.3 Å². The Kier molecular flexibility index (Phi) is 4.72. The molecule has 0 unspecified atom stereocenters. The number of anilines is 1. The van der Waals surface area contributed by atoms with Gasteiger partial charge in [-0.15, -0.1) is 0 Å². The van der Waals surface area contributed by atoms with Gasteiger partial charge in [-0.3, -0.25) is 0 Å². The molecule has 100 valence electrons. The van der Waals surface area contributed by atoms with E-state index >= 15 is 0 Å². The Morgan fingerprint density at radius 1 is 1.50 bits per heavy atom. The van der Waals surface area contributed by atoms with Gasteiger partial charge in [0, 0.05) is 6.54 Å². The minimum absolute atomic E-state index is 0.0678. The molecule has 0 atom stereocenters. The molecule has 2 heterocycles. The lowest BCUT2D eigenvalue weighted by Crippen LogP contribution is -2.30. The van der Waals surface area contributed by atoms with Crippen LogP contribution in [-0.2, 0) is 0 Å². The van der Waals surface area contributed by atoms with Crippen LogP contribution >= 0.6 is 11.6 Å². The second kappa shape index (κ2) is 6.29. The van der Waals surface area contributed by atoms with Gasteiger partial charge in [-0.1, -0.05) is 0 Å². The molecule has 1 aliphatic heterocycles. The lowest BCUT2D eigenvalue weighted by molar-refractivity contribution is 0.215. The molecule has 0 aliphatic carbocycles. The normalized spacial score (nSPS) is 17.9. The smallest absolute Gasteiger partial charge is 0.224 e. The number of rotatable bonds is 4. The minimum atomic E-state index is -0.456. The summed E-state index contributed by atoms with van der Waals surface area (Å²) in [5.41, 5.74) is 0. The van der Waals surface area contributed by atoms with E-state index in [0.717, 1.165) is 32.3 Å². The lowest BCUT2D eigenvalue weighted by Gasteiger charge is -2.28. The molecule has 1 aromatic rings. The first-order chi connectivity index (χ1) is 8.65. The molecule has 0 spiro atoms. The van der Waals surface area contributed by atoms with Crippen LogP contribution in [0.4, 0.5) is 10.2 Å². The van der Waals surface area contributed by atoms with Gasteiger partial charge in [-0.25, -0.2) is 9.37 Å². The number of hydrogen-bond acceptors (Lipinski definition) is 4. The fourth-order valence-electron chi connectivity index (χ4n) is 2.22. The number of likely N-dealkylation sites (tertiary alicyclic amines) is 1. The number of hydrogen-bond donors (Lipinski definition) is 1. The summed E-state index contributed by atoms with van der Waals surface area (Å²) >= 11 is 5.63. The summed E-state index contributed by atoms with van der Waals surface area (Å²) in [4.78, 5) is 9.75. The average molecular weight is 273 g/mol. The van der Waals surface area contributed by atoms with E-state index in [1.165, 1.54) is 12.8 Å². The van der Waals surface area contributed by atoms with Crippen LogP contribution in [0.15, 0.2) is 6.20 Å². The van der Waals surface area contributed by atoms with Crippen LogP contribution in [0.25, 0.3) is 0 Å². The van der Waals surface area contributed by atoms with Gasteiger partial charge in [-0.2, -0.15) is 4.98 Å². The van der Waals surface area contributed by atoms with Crippen LogP contribution in [0.2, 0.25) is 5.28 Å². The van der Waals surface area contributed by atoms with E-state index in [-0.39, 0.29) is 11.1 Å². The number of halogens is 2. The predicted molar refractivity (Wildman–Crippen MR) is 70.3 cm³/mol. The van der Waals surface area contributed by atoms with Gasteiger partial charge in [0.15, 0.2) is 11.6 Å². The first-order valence-electron chi connectivity index (χ1n) is 6.25. The van der Waals surface area contributed by atoms with Crippen LogP contribution in [0.1, 0.15) is 19.3 Å². The maximum Gasteiger partial charge on any atom is 0.224 e. The van der Waals surface area contributed by atoms with Crippen LogP contribution in [0.3, 0.4) is 0 Å². The molecule has 0 amide bonds. The lowest BCUT2D eigenvalue weighted by atomic mass is 9.94. The molecular formula is C12H18ClFN4. The fraction of sp³-hybridized carbons (Fsp3) is 0.667. The first kappa shape index (κ1) is 13.5. The summed E-state index contributed by atoms with van der Waals surface area (Å²) in [6, 6.07) is 0. The van der Waals surface area contributed by atoms with Crippen molar-refractivity contribution < 1.29 is 4.39 Å². The third-order valence-electron chi connectivity index (χ3n) is 3.40.